The lowest BCUT2D eigenvalue weighted by Crippen LogP contribution is -2.29. The molecule has 2 aromatic carbocycles. The SMILES string of the molecule is CC1=C(CCCCCC(=O)NCCCNCCCNC(=O)CCCCCC2=C(C)C(=O)c3ccccc3C2=O)C(=O)c2ccccc2C1=O. The van der Waals surface area contributed by atoms with Crippen molar-refractivity contribution in [2.24, 2.45) is 0 Å². The molecule has 0 heterocycles. The minimum Gasteiger partial charge on any atom is -0.356 e. The van der Waals surface area contributed by atoms with Crippen molar-refractivity contribution in [2.75, 3.05) is 26.2 Å². The first-order chi connectivity index (χ1) is 23.7. The molecule has 0 spiro atoms. The predicted octanol–water partition coefficient (Wildman–Crippen LogP) is 6.28. The molecule has 0 bridgehead atoms. The Labute approximate surface area is 289 Å². The van der Waals surface area contributed by atoms with Gasteiger partial charge in [-0.15, -0.1) is 0 Å². The van der Waals surface area contributed by atoms with Gasteiger partial charge in [0.1, 0.15) is 0 Å². The standard InChI is InChI=1S/C40H49N3O6/c1-27-29(39(48)33-19-11-9-17-31(33)37(27)46)15-5-3-7-21-35(44)42-25-13-23-41-24-14-26-43-36(45)22-8-4-6-16-30-28(2)38(47)32-18-10-12-20-34(32)40(30)49/h9-12,17-20,41H,3-8,13-16,21-26H2,1-2H3,(H,42,44)(H,43,45). The number of unbranched alkanes of at least 4 members (excludes halogenated alkanes) is 4. The van der Waals surface area contributed by atoms with E-state index < -0.39 is 0 Å². The summed E-state index contributed by atoms with van der Waals surface area (Å²) in [6.45, 7) is 6.19. The van der Waals surface area contributed by atoms with E-state index in [9.17, 15) is 28.8 Å². The molecule has 4 rings (SSSR count). The van der Waals surface area contributed by atoms with E-state index in [1.54, 1.807) is 62.4 Å². The second kappa shape index (κ2) is 18.9. The molecule has 9 heteroatoms. The highest BCUT2D eigenvalue weighted by Gasteiger charge is 2.30. The molecule has 3 N–H and O–H groups in total. The van der Waals surface area contributed by atoms with Gasteiger partial charge in [-0.3, -0.25) is 28.8 Å². The maximum Gasteiger partial charge on any atom is 0.219 e. The predicted molar refractivity (Wildman–Crippen MR) is 190 cm³/mol. The van der Waals surface area contributed by atoms with E-state index >= 15 is 0 Å². The van der Waals surface area contributed by atoms with Gasteiger partial charge >= 0.3 is 0 Å². The molecule has 0 fully saturated rings. The van der Waals surface area contributed by atoms with E-state index in [0.717, 1.165) is 64.5 Å². The van der Waals surface area contributed by atoms with E-state index in [2.05, 4.69) is 16.0 Å². The number of ketones is 4. The number of amides is 2. The van der Waals surface area contributed by atoms with Crippen LogP contribution >= 0.6 is 0 Å². The summed E-state index contributed by atoms with van der Waals surface area (Å²) >= 11 is 0. The lowest BCUT2D eigenvalue weighted by molar-refractivity contribution is -0.122. The van der Waals surface area contributed by atoms with Crippen molar-refractivity contribution < 1.29 is 28.8 Å². The smallest absolute Gasteiger partial charge is 0.219 e. The largest absolute Gasteiger partial charge is 0.356 e. The van der Waals surface area contributed by atoms with Gasteiger partial charge in [0.2, 0.25) is 11.8 Å². The Morgan fingerprint density at radius 2 is 0.837 bits per heavy atom. The monoisotopic (exact) mass is 667 g/mol. The first-order valence-electron chi connectivity index (χ1n) is 17.7. The Hall–Kier alpha value is -4.50. The van der Waals surface area contributed by atoms with Gasteiger partial charge in [-0.2, -0.15) is 0 Å². The fourth-order valence-electron chi connectivity index (χ4n) is 6.42. The normalized spacial score (nSPS) is 14.2. The highest BCUT2D eigenvalue weighted by atomic mass is 16.2. The third-order valence-corrected chi connectivity index (χ3v) is 9.33. The molecule has 0 unspecified atom stereocenters. The summed E-state index contributed by atoms with van der Waals surface area (Å²) in [4.78, 5) is 75.3. The van der Waals surface area contributed by atoms with E-state index in [4.69, 9.17) is 0 Å². The third-order valence-electron chi connectivity index (χ3n) is 9.33. The zero-order valence-electron chi connectivity index (χ0n) is 28.9. The molecule has 0 atom stereocenters. The Morgan fingerprint density at radius 3 is 1.22 bits per heavy atom. The van der Waals surface area contributed by atoms with Crippen LogP contribution in [0.5, 0.6) is 0 Å². The number of carbonyl (C=O) groups excluding carboxylic acids is 6. The summed E-state index contributed by atoms with van der Waals surface area (Å²) in [6, 6.07) is 13.9. The summed E-state index contributed by atoms with van der Waals surface area (Å²) in [5, 5.41) is 9.23. The van der Waals surface area contributed by atoms with Gasteiger partial charge in [-0.05, 0) is 78.3 Å². The molecule has 9 nitrogen and oxygen atoms in total. The molecule has 2 aromatic rings. The third kappa shape index (κ3) is 10.2. The van der Waals surface area contributed by atoms with Gasteiger partial charge in [-0.25, -0.2) is 0 Å². The number of hydrogen-bond donors (Lipinski definition) is 3. The number of allylic oxidation sites excluding steroid dienone is 4. The molecule has 0 aromatic heterocycles. The maximum absolute atomic E-state index is 12.8. The van der Waals surface area contributed by atoms with Crippen LogP contribution in [0.25, 0.3) is 0 Å². The molecule has 49 heavy (non-hydrogen) atoms. The zero-order chi connectivity index (χ0) is 35.2. The van der Waals surface area contributed by atoms with Crippen LogP contribution in [-0.4, -0.2) is 61.1 Å². The summed E-state index contributed by atoms with van der Waals surface area (Å²) in [6.07, 6.45) is 8.20. The van der Waals surface area contributed by atoms with Crippen molar-refractivity contribution in [1.82, 2.24) is 16.0 Å². The fourth-order valence-corrected chi connectivity index (χ4v) is 6.42. The quantitative estimate of drug-likeness (QED) is 0.141. The van der Waals surface area contributed by atoms with Crippen LogP contribution in [0.15, 0.2) is 70.8 Å². The average molecular weight is 668 g/mol. The number of fused-ring (bicyclic) bond motifs is 2. The lowest BCUT2D eigenvalue weighted by atomic mass is 9.83. The molecule has 2 aliphatic carbocycles. The minimum absolute atomic E-state index is 0.0199. The number of nitrogens with one attached hydrogen (secondary N) is 3. The van der Waals surface area contributed by atoms with Crippen molar-refractivity contribution >= 4 is 34.9 Å². The van der Waals surface area contributed by atoms with Gasteiger partial charge in [0.05, 0.1) is 0 Å². The van der Waals surface area contributed by atoms with Gasteiger partial charge in [-0.1, -0.05) is 61.4 Å². The van der Waals surface area contributed by atoms with Gasteiger partial charge in [0, 0.05) is 70.5 Å². The number of hydrogen-bond acceptors (Lipinski definition) is 7. The topological polar surface area (TPSA) is 139 Å². The molecule has 0 radical (unpaired) electrons. The van der Waals surface area contributed by atoms with Crippen molar-refractivity contribution in [3.63, 3.8) is 0 Å². The minimum atomic E-state index is -0.0721. The van der Waals surface area contributed by atoms with Crippen molar-refractivity contribution in [2.45, 2.75) is 90.9 Å². The van der Waals surface area contributed by atoms with E-state index in [1.165, 1.54) is 0 Å². The Kier molecular flexibility index (Phi) is 14.4. The molecular formula is C40H49N3O6. The lowest BCUT2D eigenvalue weighted by Gasteiger charge is -2.18. The van der Waals surface area contributed by atoms with E-state index in [0.29, 0.717) is 83.3 Å². The summed E-state index contributed by atoms with van der Waals surface area (Å²) in [5.41, 5.74) is 4.21. The van der Waals surface area contributed by atoms with E-state index in [-0.39, 0.29) is 34.9 Å². The Bertz CT molecular complexity index is 1520. The van der Waals surface area contributed by atoms with Gasteiger partial charge < -0.3 is 16.0 Å². The molecule has 0 aliphatic heterocycles. The number of Topliss-reactive ketones (excluding diaryl/α,β-unsaturated/α-hetero) is 4. The second-order valence-corrected chi connectivity index (χ2v) is 12.9. The van der Waals surface area contributed by atoms with Crippen LogP contribution in [0, 0.1) is 0 Å². The second-order valence-electron chi connectivity index (χ2n) is 12.9. The van der Waals surface area contributed by atoms with Crippen LogP contribution in [0.2, 0.25) is 0 Å². The first-order valence-corrected chi connectivity index (χ1v) is 17.7. The summed E-state index contributed by atoms with van der Waals surface area (Å²) in [5.74, 6) is -0.218. The van der Waals surface area contributed by atoms with Crippen LogP contribution in [0.4, 0.5) is 0 Å². The van der Waals surface area contributed by atoms with Crippen LogP contribution in [0.3, 0.4) is 0 Å². The Morgan fingerprint density at radius 1 is 0.469 bits per heavy atom. The molecule has 2 aliphatic rings. The summed E-state index contributed by atoms with van der Waals surface area (Å²) in [7, 11) is 0. The number of carbonyl (C=O) groups is 6. The van der Waals surface area contributed by atoms with Gasteiger partial charge in [0.15, 0.2) is 23.1 Å². The molecular weight excluding hydrogens is 618 g/mol. The highest BCUT2D eigenvalue weighted by Crippen LogP contribution is 2.30. The number of benzene rings is 2. The Balaban J connectivity index is 0.944. The molecule has 2 amide bonds. The van der Waals surface area contributed by atoms with E-state index in [1.807, 2.05) is 0 Å². The molecule has 0 saturated heterocycles. The highest BCUT2D eigenvalue weighted by molar-refractivity contribution is 6.27. The van der Waals surface area contributed by atoms with Crippen molar-refractivity contribution in [3.05, 3.63) is 93.1 Å². The maximum atomic E-state index is 12.8. The van der Waals surface area contributed by atoms with Crippen LogP contribution < -0.4 is 16.0 Å². The summed E-state index contributed by atoms with van der Waals surface area (Å²) < 4.78 is 0. The zero-order valence-corrected chi connectivity index (χ0v) is 28.9. The van der Waals surface area contributed by atoms with Crippen molar-refractivity contribution in [3.8, 4) is 0 Å². The van der Waals surface area contributed by atoms with Crippen LogP contribution in [0.1, 0.15) is 132 Å². The fraction of sp³-hybridized carbons (Fsp3) is 0.450. The van der Waals surface area contributed by atoms with Crippen LogP contribution in [-0.2, 0) is 9.59 Å². The average Bonchev–Trinajstić information content (AvgIpc) is 3.11. The molecule has 0 saturated carbocycles. The molecule has 260 valence electrons. The number of rotatable bonds is 20. The van der Waals surface area contributed by atoms with Gasteiger partial charge in [0.25, 0.3) is 0 Å². The first kappa shape index (κ1) is 37.3. The van der Waals surface area contributed by atoms with Crippen molar-refractivity contribution in [1.29, 1.82) is 0 Å².